The van der Waals surface area contributed by atoms with Gasteiger partial charge < -0.3 is 0 Å². The van der Waals surface area contributed by atoms with E-state index < -0.39 is 11.7 Å². The molecular formula is C90H95F3. The quantitative estimate of drug-likeness (QED) is 0.142. The molecule has 0 nitrogen and oxygen atoms in total. The molecule has 0 heterocycles. The second kappa shape index (κ2) is 29.0. The monoisotopic (exact) mass is 1230 g/mol. The number of hydrogen-bond acceptors (Lipinski definition) is 0. The van der Waals surface area contributed by atoms with Gasteiger partial charge in [-0.3, -0.25) is 0 Å². The van der Waals surface area contributed by atoms with Crippen molar-refractivity contribution in [3.05, 3.63) is 353 Å². The van der Waals surface area contributed by atoms with Crippen LogP contribution in [-0.4, -0.2) is 0 Å². The lowest BCUT2D eigenvalue weighted by atomic mass is 9.70. The molecule has 0 N–H and O–H groups in total. The molecule has 4 aliphatic rings. The van der Waals surface area contributed by atoms with Crippen LogP contribution in [-0.2, 0) is 35.3 Å². The van der Waals surface area contributed by atoms with E-state index in [1.165, 1.54) is 166 Å². The lowest BCUT2D eigenvalue weighted by Gasteiger charge is -2.30. The van der Waals surface area contributed by atoms with E-state index in [1.807, 2.05) is 0 Å². The van der Waals surface area contributed by atoms with E-state index in [1.54, 1.807) is 18.1 Å². The molecule has 3 heteroatoms. The van der Waals surface area contributed by atoms with E-state index in [9.17, 15) is 13.2 Å². The number of rotatable bonds is 0. The molecule has 0 bridgehead atoms. The Morgan fingerprint density at radius 2 is 0.656 bits per heavy atom. The molecule has 476 valence electrons. The lowest BCUT2D eigenvalue weighted by Crippen LogP contribution is -2.25. The van der Waals surface area contributed by atoms with Crippen molar-refractivity contribution in [2.45, 2.75) is 159 Å². The largest absolute Gasteiger partial charge is 0.416 e. The Balaban J connectivity index is 0.000000134. The summed E-state index contributed by atoms with van der Waals surface area (Å²) < 4.78 is 35.8. The van der Waals surface area contributed by atoms with Gasteiger partial charge in [-0.25, -0.2) is 0 Å². The summed E-state index contributed by atoms with van der Waals surface area (Å²) >= 11 is 0. The van der Waals surface area contributed by atoms with Crippen LogP contribution in [0.5, 0.6) is 0 Å². The summed E-state index contributed by atoms with van der Waals surface area (Å²) in [7, 11) is 0. The van der Waals surface area contributed by atoms with Crippen molar-refractivity contribution in [2.24, 2.45) is 0 Å². The zero-order chi connectivity index (χ0) is 67.0. The molecule has 0 radical (unpaired) electrons. The first-order valence-corrected chi connectivity index (χ1v) is 33.2. The van der Waals surface area contributed by atoms with Crippen LogP contribution in [0.4, 0.5) is 13.2 Å². The fraction of sp³-hybridized carbons (Fsp3) is 0.267. The summed E-state index contributed by atoms with van der Waals surface area (Å²) in [6.45, 7) is 34.6. The summed E-state index contributed by atoms with van der Waals surface area (Å²) in [5, 5.41) is 0. The van der Waals surface area contributed by atoms with Gasteiger partial charge in [0.25, 0.3) is 0 Å². The molecular weight excluding hydrogens is 1140 g/mol. The molecule has 11 aromatic carbocycles. The van der Waals surface area contributed by atoms with Crippen LogP contribution >= 0.6 is 0 Å². The van der Waals surface area contributed by atoms with E-state index in [2.05, 4.69) is 316 Å². The molecule has 4 aliphatic carbocycles. The first-order valence-electron chi connectivity index (χ1n) is 33.2. The molecule has 11 aromatic rings. The Bertz CT molecular complexity index is 4190. The second-order valence-electron chi connectivity index (χ2n) is 27.7. The molecule has 0 unspecified atom stereocenters. The van der Waals surface area contributed by atoms with Gasteiger partial charge in [0.05, 0.1) is 11.0 Å². The maximum absolute atomic E-state index is 11.9. The van der Waals surface area contributed by atoms with Crippen molar-refractivity contribution in [2.75, 3.05) is 0 Å². The van der Waals surface area contributed by atoms with E-state index in [0.29, 0.717) is 0 Å². The molecule has 0 saturated heterocycles. The van der Waals surface area contributed by atoms with Crippen molar-refractivity contribution in [3.8, 4) is 33.4 Å². The van der Waals surface area contributed by atoms with Crippen LogP contribution in [0.25, 0.3) is 33.4 Å². The van der Waals surface area contributed by atoms with Crippen molar-refractivity contribution < 1.29 is 13.2 Å². The topological polar surface area (TPSA) is 0 Å². The summed E-state index contributed by atoms with van der Waals surface area (Å²) in [5.74, 6) is 0. The van der Waals surface area contributed by atoms with Gasteiger partial charge in [0.2, 0.25) is 0 Å². The Hall–Kier alpha value is -8.79. The number of benzene rings is 11. The van der Waals surface area contributed by atoms with Gasteiger partial charge in [0.1, 0.15) is 0 Å². The average molecular weight is 1230 g/mol. The maximum atomic E-state index is 11.9. The van der Waals surface area contributed by atoms with E-state index in [4.69, 9.17) is 0 Å². The number of fused-ring (bicyclic) bond motifs is 14. The van der Waals surface area contributed by atoms with E-state index in [0.717, 1.165) is 17.7 Å². The molecule has 1 spiro atoms. The van der Waals surface area contributed by atoms with Crippen molar-refractivity contribution in [1.82, 2.24) is 0 Å². The highest BCUT2D eigenvalue weighted by Crippen LogP contribution is 2.62. The maximum Gasteiger partial charge on any atom is 0.416 e. The number of hydrogen-bond donors (Lipinski definition) is 0. The molecule has 0 amide bonds. The third kappa shape index (κ3) is 15.5. The van der Waals surface area contributed by atoms with Crippen LogP contribution in [0, 0.1) is 76.2 Å². The van der Waals surface area contributed by atoms with Crippen molar-refractivity contribution in [3.63, 3.8) is 0 Å². The second-order valence-corrected chi connectivity index (χ2v) is 27.7. The van der Waals surface area contributed by atoms with Crippen LogP contribution < -0.4 is 0 Å². The minimum atomic E-state index is -4.21. The van der Waals surface area contributed by atoms with Gasteiger partial charge in [-0.05, 0) is 225 Å². The smallest absolute Gasteiger partial charge is 0.166 e. The Kier molecular flexibility index (Phi) is 21.4. The van der Waals surface area contributed by atoms with Crippen LogP contribution in [0.15, 0.2) is 237 Å². The molecule has 93 heavy (non-hydrogen) atoms. The molecule has 0 atom stereocenters. The fourth-order valence-electron chi connectivity index (χ4n) is 13.7. The Labute approximate surface area is 555 Å². The summed E-state index contributed by atoms with van der Waals surface area (Å²) in [6, 6.07) is 82.7. The van der Waals surface area contributed by atoms with Gasteiger partial charge in [0, 0.05) is 5.41 Å². The molecule has 0 aliphatic heterocycles. The molecule has 0 saturated carbocycles. The highest BCUT2D eigenvalue weighted by molar-refractivity contribution is 5.95. The highest BCUT2D eigenvalue weighted by atomic mass is 19.4. The Morgan fingerprint density at radius 1 is 0.301 bits per heavy atom. The standard InChI is InChI=1S/C26H18.C16H16.C11H14.C11H16.C10H14.C8H7F3.C8H10/c1-17-14-15-21-20-10-4-7-13-24(20)26(25(21)16-17)22-11-5-2-8-18(22)19-9-3-6-12-23(19)26;1-11-8-9-13-12-6-4-5-7-14(12)16(2,3)15(13)10-11;1-9-5-4-7-10-6-2-3-8-11(9)10;1-9-5-7-10(8-6-9)11(2,3)4;1-7-5-8(2)10(4)9(3)6-7;1-6-2-4-7(5-3-6)8(9,10)11;1-7-3-5-8(2)6-4-7/h2-16H,1H3;4-10H,1-3H3;4-5,7H,2-3,6,8H2,1H3;5-8H,1-4H3;5-6H,1-4H3;2-5H,1H3;3-6H,1-2H3. The van der Waals surface area contributed by atoms with Gasteiger partial charge in [-0.2, -0.15) is 13.2 Å². The minimum absolute atomic E-state index is 0.151. The fourth-order valence-corrected chi connectivity index (χ4v) is 13.7. The van der Waals surface area contributed by atoms with Crippen LogP contribution in [0.1, 0.15) is 164 Å². The summed E-state index contributed by atoms with van der Waals surface area (Å²) in [6.07, 6.45) is 1.17. The normalized spacial score (nSPS) is 13.3. The number of aryl methyl sites for hydroxylation is 11. The van der Waals surface area contributed by atoms with Crippen LogP contribution in [0.3, 0.4) is 0 Å². The first kappa shape index (κ1) is 68.6. The Morgan fingerprint density at radius 3 is 1.09 bits per heavy atom. The van der Waals surface area contributed by atoms with Gasteiger partial charge >= 0.3 is 6.18 Å². The zero-order valence-electron chi connectivity index (χ0n) is 58.0. The summed E-state index contributed by atoms with van der Waals surface area (Å²) in [4.78, 5) is 0. The van der Waals surface area contributed by atoms with Gasteiger partial charge in [-0.1, -0.05) is 298 Å². The van der Waals surface area contributed by atoms with E-state index >= 15 is 0 Å². The minimum Gasteiger partial charge on any atom is -0.166 e. The van der Waals surface area contributed by atoms with Crippen molar-refractivity contribution in [1.29, 1.82) is 0 Å². The molecule has 0 aromatic heterocycles. The first-order chi connectivity index (χ1) is 44.2. The predicted octanol–water partition coefficient (Wildman–Crippen LogP) is 25.0. The molecule has 0 fully saturated rings. The third-order valence-corrected chi connectivity index (χ3v) is 19.1. The van der Waals surface area contributed by atoms with Crippen molar-refractivity contribution >= 4 is 0 Å². The number of halogens is 3. The average Bonchev–Trinajstić information content (AvgIpc) is 1.51. The highest BCUT2D eigenvalue weighted by Gasteiger charge is 2.51. The number of alkyl halides is 3. The predicted molar refractivity (Wildman–Crippen MR) is 391 cm³/mol. The van der Waals surface area contributed by atoms with Crippen LogP contribution in [0.2, 0.25) is 0 Å². The molecule has 15 rings (SSSR count). The third-order valence-electron chi connectivity index (χ3n) is 19.1. The SMILES string of the molecule is Cc1cc(C)c(C)c(C)c1.Cc1ccc(C(C)(C)C)cc1.Cc1ccc(C(F)(F)F)cc1.Cc1ccc(C)cc1.Cc1ccc2c(c1)C(C)(C)c1ccccc1-2.Cc1ccc2c(c1)C1(c3ccccc3-c3ccccc31)c1ccccc1-2.Cc1cccc2c1CCCC2. The van der Waals surface area contributed by atoms with E-state index in [-0.39, 0.29) is 16.2 Å². The van der Waals surface area contributed by atoms with Gasteiger partial charge in [-0.15, -0.1) is 0 Å². The van der Waals surface area contributed by atoms with Gasteiger partial charge in [0.15, 0.2) is 0 Å². The zero-order valence-corrected chi connectivity index (χ0v) is 58.0. The summed E-state index contributed by atoms with van der Waals surface area (Å²) in [5.41, 5.74) is 35.7. The lowest BCUT2D eigenvalue weighted by molar-refractivity contribution is -0.137.